The molecule has 1 saturated heterocycles. The predicted molar refractivity (Wildman–Crippen MR) is 67.6 cm³/mol. The van der Waals surface area contributed by atoms with Crippen molar-refractivity contribution in [1.82, 2.24) is 10.3 Å². The fourth-order valence-corrected chi connectivity index (χ4v) is 2.48. The number of amides is 1. The van der Waals surface area contributed by atoms with E-state index < -0.39 is 0 Å². The topological polar surface area (TPSA) is 63.2 Å². The lowest BCUT2D eigenvalue weighted by Crippen LogP contribution is -2.46. The quantitative estimate of drug-likeness (QED) is 0.855. The Kier molecular flexibility index (Phi) is 3.63. The van der Waals surface area contributed by atoms with Gasteiger partial charge in [0.2, 0.25) is 0 Å². The van der Waals surface area contributed by atoms with E-state index in [1.165, 1.54) is 11.3 Å². The minimum Gasteiger partial charge on any atom is -0.379 e. The molecule has 5 nitrogen and oxygen atoms in total. The van der Waals surface area contributed by atoms with E-state index in [0.29, 0.717) is 18.9 Å². The number of carbonyl (C=O) groups is 1. The minimum absolute atomic E-state index is 0.126. The average Bonchev–Trinajstić information content (AvgIpc) is 2.88. The maximum atomic E-state index is 12.0. The summed E-state index contributed by atoms with van der Waals surface area (Å²) in [6, 6.07) is 0. The highest BCUT2D eigenvalue weighted by atomic mass is 32.1. The van der Waals surface area contributed by atoms with Crippen LogP contribution in [0.1, 0.15) is 30.8 Å². The van der Waals surface area contributed by atoms with E-state index in [9.17, 15) is 4.79 Å². The summed E-state index contributed by atoms with van der Waals surface area (Å²) in [6.45, 7) is 6.08. The lowest BCUT2D eigenvalue weighted by Gasteiger charge is -2.22. The number of nitrogens with one attached hydrogen (secondary N) is 2. The SMILES string of the molecule is CCNc1nc(C(=O)N[C@@]2(C)CCOC2)cs1. The second kappa shape index (κ2) is 5.01. The van der Waals surface area contributed by atoms with Gasteiger partial charge in [0, 0.05) is 18.5 Å². The number of hydrogen-bond donors (Lipinski definition) is 2. The molecule has 0 aromatic carbocycles. The van der Waals surface area contributed by atoms with E-state index in [4.69, 9.17) is 4.74 Å². The Labute approximate surface area is 105 Å². The maximum absolute atomic E-state index is 12.0. The molecule has 2 N–H and O–H groups in total. The van der Waals surface area contributed by atoms with Crippen LogP contribution in [0.15, 0.2) is 5.38 Å². The van der Waals surface area contributed by atoms with Crippen LogP contribution in [0, 0.1) is 0 Å². The van der Waals surface area contributed by atoms with Gasteiger partial charge in [-0.05, 0) is 20.3 Å². The molecule has 0 unspecified atom stereocenters. The fourth-order valence-electron chi connectivity index (χ4n) is 1.71. The van der Waals surface area contributed by atoms with Crippen molar-refractivity contribution < 1.29 is 9.53 Å². The van der Waals surface area contributed by atoms with Crippen LogP contribution in [0.2, 0.25) is 0 Å². The zero-order valence-electron chi connectivity index (χ0n) is 10.1. The molecular formula is C11H17N3O2S. The first kappa shape index (κ1) is 12.3. The number of nitrogens with zero attached hydrogens (tertiary/aromatic N) is 1. The molecule has 1 aromatic rings. The van der Waals surface area contributed by atoms with Gasteiger partial charge in [0.25, 0.3) is 5.91 Å². The van der Waals surface area contributed by atoms with Crippen molar-refractivity contribution in [3.63, 3.8) is 0 Å². The summed E-state index contributed by atoms with van der Waals surface area (Å²) >= 11 is 1.44. The Morgan fingerprint density at radius 2 is 2.53 bits per heavy atom. The maximum Gasteiger partial charge on any atom is 0.271 e. The van der Waals surface area contributed by atoms with Crippen LogP contribution < -0.4 is 10.6 Å². The van der Waals surface area contributed by atoms with Crippen LogP contribution in [0.3, 0.4) is 0 Å². The van der Waals surface area contributed by atoms with E-state index in [1.807, 2.05) is 13.8 Å². The first-order valence-corrected chi connectivity index (χ1v) is 6.60. The Hall–Kier alpha value is -1.14. The minimum atomic E-state index is -0.251. The Balaban J connectivity index is 1.98. The molecule has 0 spiro atoms. The summed E-state index contributed by atoms with van der Waals surface area (Å²) in [6.07, 6.45) is 0.850. The van der Waals surface area contributed by atoms with Gasteiger partial charge in [-0.1, -0.05) is 0 Å². The summed E-state index contributed by atoms with van der Waals surface area (Å²) in [5.74, 6) is -0.126. The normalized spacial score (nSPS) is 23.6. The molecule has 1 atom stereocenters. The summed E-state index contributed by atoms with van der Waals surface area (Å²) < 4.78 is 5.30. The third kappa shape index (κ3) is 2.95. The van der Waals surface area contributed by atoms with Crippen LogP contribution >= 0.6 is 11.3 Å². The average molecular weight is 255 g/mol. The van der Waals surface area contributed by atoms with Crippen LogP contribution in [-0.4, -0.2) is 36.2 Å². The van der Waals surface area contributed by atoms with Gasteiger partial charge in [-0.25, -0.2) is 4.98 Å². The zero-order valence-corrected chi connectivity index (χ0v) is 10.9. The van der Waals surface area contributed by atoms with Crippen LogP contribution in [0.4, 0.5) is 5.13 Å². The number of rotatable bonds is 4. The van der Waals surface area contributed by atoms with Gasteiger partial charge in [-0.3, -0.25) is 4.79 Å². The van der Waals surface area contributed by atoms with Gasteiger partial charge in [-0.2, -0.15) is 0 Å². The van der Waals surface area contributed by atoms with Crippen molar-refractivity contribution in [1.29, 1.82) is 0 Å². The molecule has 0 aliphatic carbocycles. The highest BCUT2D eigenvalue weighted by molar-refractivity contribution is 7.13. The summed E-state index contributed by atoms with van der Waals surface area (Å²) in [4.78, 5) is 16.2. The molecular weight excluding hydrogens is 238 g/mol. The molecule has 1 aliphatic rings. The van der Waals surface area contributed by atoms with E-state index in [-0.39, 0.29) is 11.4 Å². The first-order valence-electron chi connectivity index (χ1n) is 5.72. The molecule has 6 heteroatoms. The smallest absolute Gasteiger partial charge is 0.271 e. The van der Waals surface area contributed by atoms with Crippen molar-refractivity contribution >= 4 is 22.4 Å². The monoisotopic (exact) mass is 255 g/mol. The van der Waals surface area contributed by atoms with Crippen molar-refractivity contribution in [2.75, 3.05) is 25.1 Å². The van der Waals surface area contributed by atoms with Crippen LogP contribution in [0.5, 0.6) is 0 Å². The first-order chi connectivity index (χ1) is 8.13. The molecule has 2 rings (SSSR count). The highest BCUT2D eigenvalue weighted by Crippen LogP contribution is 2.20. The van der Waals surface area contributed by atoms with Crippen molar-refractivity contribution in [2.45, 2.75) is 25.8 Å². The van der Waals surface area contributed by atoms with Gasteiger partial charge >= 0.3 is 0 Å². The van der Waals surface area contributed by atoms with Gasteiger partial charge in [0.1, 0.15) is 5.69 Å². The second-order valence-electron chi connectivity index (χ2n) is 4.39. The van der Waals surface area contributed by atoms with E-state index in [2.05, 4.69) is 15.6 Å². The molecule has 0 bridgehead atoms. The van der Waals surface area contributed by atoms with E-state index in [0.717, 1.165) is 18.1 Å². The number of ether oxygens (including phenoxy) is 1. The molecule has 1 fully saturated rings. The lowest BCUT2D eigenvalue weighted by atomic mass is 10.0. The van der Waals surface area contributed by atoms with Gasteiger partial charge in [-0.15, -0.1) is 11.3 Å². The van der Waals surface area contributed by atoms with Crippen LogP contribution in [-0.2, 0) is 4.74 Å². The van der Waals surface area contributed by atoms with E-state index >= 15 is 0 Å². The summed E-state index contributed by atoms with van der Waals surface area (Å²) in [7, 11) is 0. The molecule has 1 amide bonds. The third-order valence-corrected chi connectivity index (χ3v) is 3.50. The lowest BCUT2D eigenvalue weighted by molar-refractivity contribution is 0.0885. The van der Waals surface area contributed by atoms with Crippen molar-refractivity contribution in [3.8, 4) is 0 Å². The predicted octanol–water partition coefficient (Wildman–Crippen LogP) is 1.48. The third-order valence-electron chi connectivity index (χ3n) is 2.70. The standard InChI is InChI=1S/C11H17N3O2S/c1-3-12-10-13-8(6-17-10)9(15)14-11(2)4-5-16-7-11/h6H,3-5,7H2,1-2H3,(H,12,13)(H,14,15)/t11-/m0/s1. The molecule has 2 heterocycles. The Bertz CT molecular complexity index is 399. The Morgan fingerprint density at radius 1 is 1.71 bits per heavy atom. The second-order valence-corrected chi connectivity index (χ2v) is 5.24. The molecule has 1 aliphatic heterocycles. The molecule has 0 radical (unpaired) electrons. The van der Waals surface area contributed by atoms with Gasteiger partial charge < -0.3 is 15.4 Å². The fraction of sp³-hybridized carbons (Fsp3) is 0.636. The zero-order chi connectivity index (χ0) is 12.3. The number of hydrogen-bond acceptors (Lipinski definition) is 5. The van der Waals surface area contributed by atoms with Crippen molar-refractivity contribution in [3.05, 3.63) is 11.1 Å². The molecule has 94 valence electrons. The number of thiazole rings is 1. The van der Waals surface area contributed by atoms with Crippen LogP contribution in [0.25, 0.3) is 0 Å². The van der Waals surface area contributed by atoms with Gasteiger partial charge in [0.15, 0.2) is 5.13 Å². The summed E-state index contributed by atoms with van der Waals surface area (Å²) in [5, 5.41) is 8.62. The van der Waals surface area contributed by atoms with Gasteiger partial charge in [0.05, 0.1) is 12.1 Å². The molecule has 1 aromatic heterocycles. The highest BCUT2D eigenvalue weighted by Gasteiger charge is 2.32. The largest absolute Gasteiger partial charge is 0.379 e. The van der Waals surface area contributed by atoms with E-state index in [1.54, 1.807) is 5.38 Å². The number of aromatic nitrogens is 1. The molecule has 17 heavy (non-hydrogen) atoms. The number of anilines is 1. The Morgan fingerprint density at radius 3 is 3.18 bits per heavy atom. The number of carbonyl (C=O) groups excluding carboxylic acids is 1. The summed E-state index contributed by atoms with van der Waals surface area (Å²) in [5.41, 5.74) is 0.220. The molecule has 0 saturated carbocycles. The van der Waals surface area contributed by atoms with Crippen molar-refractivity contribution in [2.24, 2.45) is 0 Å².